The summed E-state index contributed by atoms with van der Waals surface area (Å²) in [4.78, 5) is 12.9. The summed E-state index contributed by atoms with van der Waals surface area (Å²) in [7, 11) is 0. The molecule has 2 aromatic carbocycles. The molecular weight excluding hydrogens is 423 g/mol. The highest BCUT2D eigenvalue weighted by molar-refractivity contribution is 9.10. The predicted octanol–water partition coefficient (Wildman–Crippen LogP) is 4.87. The van der Waals surface area contributed by atoms with E-state index < -0.39 is 0 Å². The van der Waals surface area contributed by atoms with Gasteiger partial charge in [0.15, 0.2) is 0 Å². The summed E-state index contributed by atoms with van der Waals surface area (Å²) in [6.07, 6.45) is 3.57. The van der Waals surface area contributed by atoms with Crippen molar-refractivity contribution in [1.82, 2.24) is 9.78 Å². The van der Waals surface area contributed by atoms with E-state index in [9.17, 15) is 9.18 Å². The van der Waals surface area contributed by atoms with Gasteiger partial charge in [-0.1, -0.05) is 30.3 Å². The lowest BCUT2D eigenvalue weighted by Crippen LogP contribution is -2.31. The quantitative estimate of drug-likeness (QED) is 0.566. The average Bonchev–Trinajstić information content (AvgIpc) is 2.73. The molecule has 3 aromatic rings. The Bertz CT molecular complexity index is 1050. The second-order valence-electron chi connectivity index (χ2n) is 6.91. The predicted molar refractivity (Wildman–Crippen MR) is 109 cm³/mol. The molecule has 0 N–H and O–H groups in total. The van der Waals surface area contributed by atoms with Gasteiger partial charge in [-0.05, 0) is 70.9 Å². The molecule has 0 spiro atoms. The molecule has 0 saturated heterocycles. The van der Waals surface area contributed by atoms with Gasteiger partial charge < -0.3 is 4.74 Å². The van der Waals surface area contributed by atoms with E-state index in [4.69, 9.17) is 4.74 Å². The molecule has 0 unspecified atom stereocenters. The standard InChI is InChI=1S/C22H20BrFN2O2/c23-19-12-16(10-11-20(19)24)21-17-8-4-5-9-18(17)22(27)26(25-21)14-28-13-15-6-2-1-3-7-15/h1-3,6-7,10-12H,4-5,8-9,13-14H2. The zero-order chi connectivity index (χ0) is 19.5. The van der Waals surface area contributed by atoms with Gasteiger partial charge in [0.2, 0.25) is 0 Å². The molecule has 0 fully saturated rings. The molecule has 28 heavy (non-hydrogen) atoms. The third-order valence-electron chi connectivity index (χ3n) is 4.99. The van der Waals surface area contributed by atoms with E-state index in [-0.39, 0.29) is 18.1 Å². The van der Waals surface area contributed by atoms with Crippen LogP contribution in [0.4, 0.5) is 4.39 Å². The van der Waals surface area contributed by atoms with Gasteiger partial charge in [-0.2, -0.15) is 5.10 Å². The number of ether oxygens (including phenoxy) is 1. The molecule has 6 heteroatoms. The van der Waals surface area contributed by atoms with Gasteiger partial charge in [-0.3, -0.25) is 4.79 Å². The summed E-state index contributed by atoms with van der Waals surface area (Å²) in [5, 5.41) is 4.59. The maximum atomic E-state index is 13.7. The Balaban J connectivity index is 1.68. The van der Waals surface area contributed by atoms with Crippen molar-refractivity contribution in [2.75, 3.05) is 0 Å². The van der Waals surface area contributed by atoms with Gasteiger partial charge in [-0.15, -0.1) is 0 Å². The molecule has 0 saturated carbocycles. The number of hydrogen-bond donors (Lipinski definition) is 0. The minimum atomic E-state index is -0.322. The lowest BCUT2D eigenvalue weighted by molar-refractivity contribution is 0.0527. The molecule has 144 valence electrons. The molecule has 0 amide bonds. The summed E-state index contributed by atoms with van der Waals surface area (Å²) in [5.74, 6) is -0.322. The van der Waals surface area contributed by atoms with Crippen LogP contribution >= 0.6 is 15.9 Å². The smallest absolute Gasteiger partial charge is 0.272 e. The van der Waals surface area contributed by atoms with E-state index in [1.807, 2.05) is 30.3 Å². The van der Waals surface area contributed by atoms with Crippen molar-refractivity contribution < 1.29 is 9.13 Å². The van der Waals surface area contributed by atoms with Crippen LogP contribution in [0.3, 0.4) is 0 Å². The van der Waals surface area contributed by atoms with Crippen molar-refractivity contribution in [2.24, 2.45) is 0 Å². The Morgan fingerprint density at radius 3 is 2.57 bits per heavy atom. The average molecular weight is 443 g/mol. The molecular formula is C22H20BrFN2O2. The minimum absolute atomic E-state index is 0.0797. The Morgan fingerprint density at radius 1 is 1.07 bits per heavy atom. The fraction of sp³-hybridized carbons (Fsp3) is 0.273. The Kier molecular flexibility index (Phi) is 5.69. The summed E-state index contributed by atoms with van der Waals surface area (Å²) < 4.78 is 21.2. The summed E-state index contributed by atoms with van der Waals surface area (Å²) in [6, 6.07) is 14.6. The second kappa shape index (κ2) is 8.37. The van der Waals surface area contributed by atoms with Gasteiger partial charge in [0, 0.05) is 11.1 Å². The van der Waals surface area contributed by atoms with Crippen LogP contribution in [-0.4, -0.2) is 9.78 Å². The number of halogens is 2. The number of hydrogen-bond acceptors (Lipinski definition) is 3. The van der Waals surface area contributed by atoms with E-state index in [1.165, 1.54) is 10.7 Å². The molecule has 0 aliphatic heterocycles. The van der Waals surface area contributed by atoms with Gasteiger partial charge in [-0.25, -0.2) is 9.07 Å². The first-order chi connectivity index (χ1) is 13.6. The van der Waals surface area contributed by atoms with Crippen LogP contribution in [0.1, 0.15) is 29.5 Å². The van der Waals surface area contributed by atoms with Crippen molar-refractivity contribution in [3.8, 4) is 11.3 Å². The van der Waals surface area contributed by atoms with Crippen LogP contribution in [0.15, 0.2) is 57.8 Å². The van der Waals surface area contributed by atoms with Crippen LogP contribution in [0, 0.1) is 5.82 Å². The van der Waals surface area contributed by atoms with Crippen LogP contribution in [0.25, 0.3) is 11.3 Å². The molecule has 0 atom stereocenters. The van der Waals surface area contributed by atoms with Crippen molar-refractivity contribution >= 4 is 15.9 Å². The molecule has 1 heterocycles. The maximum Gasteiger partial charge on any atom is 0.272 e. The topological polar surface area (TPSA) is 44.1 Å². The maximum absolute atomic E-state index is 13.7. The lowest BCUT2D eigenvalue weighted by atomic mass is 9.90. The Labute approximate surface area is 171 Å². The molecule has 1 aliphatic rings. The zero-order valence-corrected chi connectivity index (χ0v) is 16.9. The summed E-state index contributed by atoms with van der Waals surface area (Å²) in [6.45, 7) is 0.486. The number of rotatable bonds is 5. The van der Waals surface area contributed by atoms with Crippen molar-refractivity contribution in [3.63, 3.8) is 0 Å². The van der Waals surface area contributed by atoms with Crippen molar-refractivity contribution in [3.05, 3.63) is 85.9 Å². The fourth-order valence-corrected chi connectivity index (χ4v) is 3.95. The van der Waals surface area contributed by atoms with Gasteiger partial charge in [0.1, 0.15) is 12.5 Å². The molecule has 1 aliphatic carbocycles. The monoisotopic (exact) mass is 442 g/mol. The molecule has 4 rings (SSSR count). The van der Waals surface area contributed by atoms with E-state index in [2.05, 4.69) is 21.0 Å². The van der Waals surface area contributed by atoms with Crippen LogP contribution < -0.4 is 5.56 Å². The van der Waals surface area contributed by atoms with Crippen LogP contribution in [0.5, 0.6) is 0 Å². The number of fused-ring (bicyclic) bond motifs is 1. The largest absolute Gasteiger partial charge is 0.354 e. The third-order valence-corrected chi connectivity index (χ3v) is 5.59. The molecule has 0 bridgehead atoms. The highest BCUT2D eigenvalue weighted by Gasteiger charge is 2.21. The van der Waals surface area contributed by atoms with Gasteiger partial charge >= 0.3 is 0 Å². The zero-order valence-electron chi connectivity index (χ0n) is 15.3. The van der Waals surface area contributed by atoms with Crippen LogP contribution in [-0.2, 0) is 30.9 Å². The summed E-state index contributed by atoms with van der Waals surface area (Å²) in [5.41, 5.74) is 4.26. The Hall–Kier alpha value is -2.31. The number of aromatic nitrogens is 2. The number of benzene rings is 2. The minimum Gasteiger partial charge on any atom is -0.354 e. The van der Waals surface area contributed by atoms with E-state index in [1.54, 1.807) is 12.1 Å². The Morgan fingerprint density at radius 2 is 1.82 bits per heavy atom. The normalized spacial score (nSPS) is 13.4. The SMILES string of the molecule is O=c1c2c(c(-c3ccc(F)c(Br)c3)nn1COCc1ccccc1)CCCC2. The van der Waals surface area contributed by atoms with E-state index in [0.717, 1.165) is 53.6 Å². The van der Waals surface area contributed by atoms with Gasteiger partial charge in [0.25, 0.3) is 5.56 Å². The van der Waals surface area contributed by atoms with Crippen molar-refractivity contribution in [1.29, 1.82) is 0 Å². The molecule has 0 radical (unpaired) electrons. The van der Waals surface area contributed by atoms with Crippen molar-refractivity contribution in [2.45, 2.75) is 39.0 Å². The highest BCUT2D eigenvalue weighted by atomic mass is 79.9. The number of nitrogens with zero attached hydrogens (tertiary/aromatic N) is 2. The first-order valence-corrected chi connectivity index (χ1v) is 10.1. The first kappa shape index (κ1) is 19.0. The summed E-state index contributed by atoms with van der Waals surface area (Å²) >= 11 is 3.24. The lowest BCUT2D eigenvalue weighted by Gasteiger charge is -2.20. The second-order valence-corrected chi connectivity index (χ2v) is 7.76. The third kappa shape index (κ3) is 3.93. The highest BCUT2D eigenvalue weighted by Crippen LogP contribution is 2.30. The molecule has 1 aromatic heterocycles. The van der Waals surface area contributed by atoms with E-state index in [0.29, 0.717) is 11.1 Å². The fourth-order valence-electron chi connectivity index (χ4n) is 3.57. The van der Waals surface area contributed by atoms with Gasteiger partial charge in [0.05, 0.1) is 16.8 Å². The van der Waals surface area contributed by atoms with Crippen LogP contribution in [0.2, 0.25) is 0 Å². The molecule has 4 nitrogen and oxygen atoms in total. The van der Waals surface area contributed by atoms with E-state index >= 15 is 0 Å². The first-order valence-electron chi connectivity index (χ1n) is 9.33.